The van der Waals surface area contributed by atoms with Gasteiger partial charge in [-0.2, -0.15) is 10.5 Å². The first kappa shape index (κ1) is 17.1. The van der Waals surface area contributed by atoms with Crippen molar-refractivity contribution in [2.45, 2.75) is 13.3 Å². The molecule has 0 aliphatic rings. The van der Waals surface area contributed by atoms with Gasteiger partial charge in [0.05, 0.1) is 0 Å². The third kappa shape index (κ3) is 3.91. The van der Waals surface area contributed by atoms with Gasteiger partial charge in [0, 0.05) is 19.3 Å². The second kappa shape index (κ2) is 7.80. The average molecular weight is 318 g/mol. The summed E-state index contributed by atoms with van der Waals surface area (Å²) in [5.41, 5.74) is 3.17. The van der Waals surface area contributed by atoms with Gasteiger partial charge >= 0.3 is 0 Å². The molecule has 0 saturated carbocycles. The van der Waals surface area contributed by atoms with Gasteiger partial charge in [0.25, 0.3) is 5.91 Å². The predicted molar refractivity (Wildman–Crippen MR) is 91.6 cm³/mol. The third-order valence-electron chi connectivity index (χ3n) is 3.90. The zero-order valence-corrected chi connectivity index (χ0v) is 13.7. The zero-order chi connectivity index (χ0) is 17.5. The number of nitrogens with zero attached hydrogens (tertiary/aromatic N) is 3. The lowest BCUT2D eigenvalue weighted by atomic mass is 10.1. The molecule has 0 spiro atoms. The molecule has 2 rings (SSSR count). The van der Waals surface area contributed by atoms with Gasteiger partial charge in [0.1, 0.15) is 23.4 Å². The van der Waals surface area contributed by atoms with E-state index in [-0.39, 0.29) is 5.57 Å². The number of carbonyl (C=O) groups is 1. The van der Waals surface area contributed by atoms with E-state index in [1.807, 2.05) is 43.3 Å². The highest BCUT2D eigenvalue weighted by Crippen LogP contribution is 2.16. The number of nitriles is 2. The van der Waals surface area contributed by atoms with Gasteiger partial charge in [-0.15, -0.1) is 0 Å². The van der Waals surface area contributed by atoms with Gasteiger partial charge in [-0.3, -0.25) is 4.79 Å². The van der Waals surface area contributed by atoms with Crippen LogP contribution in [0, 0.1) is 29.6 Å². The van der Waals surface area contributed by atoms with E-state index in [1.54, 1.807) is 17.7 Å². The highest BCUT2D eigenvalue weighted by atomic mass is 16.1. The van der Waals surface area contributed by atoms with E-state index in [2.05, 4.69) is 11.4 Å². The number of hydrogen-bond donors (Lipinski definition) is 1. The third-order valence-corrected chi connectivity index (χ3v) is 3.90. The summed E-state index contributed by atoms with van der Waals surface area (Å²) >= 11 is 0. The summed E-state index contributed by atoms with van der Waals surface area (Å²) in [5, 5.41) is 21.0. The molecule has 1 aromatic carbocycles. The van der Waals surface area contributed by atoms with E-state index in [9.17, 15) is 10.1 Å². The van der Waals surface area contributed by atoms with Crippen LogP contribution in [0.4, 0.5) is 0 Å². The van der Waals surface area contributed by atoms with Crippen LogP contribution < -0.4 is 5.32 Å². The number of hydrogen-bond acceptors (Lipinski definition) is 3. The Balaban J connectivity index is 2.06. The normalized spacial score (nSPS) is 10.8. The minimum atomic E-state index is -0.407. The van der Waals surface area contributed by atoms with E-state index in [0.29, 0.717) is 24.2 Å². The Kier molecular flexibility index (Phi) is 5.54. The predicted octanol–water partition coefficient (Wildman–Crippen LogP) is 2.47. The second-order valence-corrected chi connectivity index (χ2v) is 5.40. The largest absolute Gasteiger partial charge is 0.351 e. The minimum Gasteiger partial charge on any atom is -0.351 e. The summed E-state index contributed by atoms with van der Waals surface area (Å²) in [7, 11) is 1.78. The van der Waals surface area contributed by atoms with E-state index in [1.165, 1.54) is 6.08 Å². The first-order chi connectivity index (χ1) is 11.6. The van der Waals surface area contributed by atoms with E-state index in [0.717, 1.165) is 11.3 Å². The fraction of sp³-hybridized carbons (Fsp3) is 0.211. The van der Waals surface area contributed by atoms with Crippen molar-refractivity contribution in [3.63, 3.8) is 0 Å². The zero-order valence-electron chi connectivity index (χ0n) is 13.7. The molecule has 24 heavy (non-hydrogen) atoms. The standard InChI is InChI=1S/C19H18N4O/c1-14-16(11-18(13-21)23(14)2)10-17(12-20)19(24)22-9-8-15-6-4-3-5-7-15/h3-7,10-11H,8-9H2,1-2H3,(H,22,24)/b17-10+. The number of aromatic nitrogens is 1. The van der Waals surface area contributed by atoms with Crippen LogP contribution in [0.15, 0.2) is 42.0 Å². The maximum atomic E-state index is 12.2. The van der Waals surface area contributed by atoms with Crippen molar-refractivity contribution in [3.05, 3.63) is 64.5 Å². The lowest BCUT2D eigenvalue weighted by molar-refractivity contribution is -0.117. The highest BCUT2D eigenvalue weighted by Gasteiger charge is 2.12. The average Bonchev–Trinajstić information content (AvgIpc) is 2.88. The Morgan fingerprint density at radius 1 is 1.29 bits per heavy atom. The van der Waals surface area contributed by atoms with E-state index >= 15 is 0 Å². The Labute approximate surface area is 141 Å². The fourth-order valence-electron chi connectivity index (χ4n) is 2.34. The van der Waals surface area contributed by atoms with Crippen LogP contribution in [0.5, 0.6) is 0 Å². The second-order valence-electron chi connectivity index (χ2n) is 5.40. The summed E-state index contributed by atoms with van der Waals surface area (Å²) in [6.45, 7) is 2.30. The Morgan fingerprint density at radius 3 is 2.58 bits per heavy atom. The molecular formula is C19H18N4O. The monoisotopic (exact) mass is 318 g/mol. The summed E-state index contributed by atoms with van der Waals surface area (Å²) < 4.78 is 1.73. The van der Waals surface area contributed by atoms with E-state index in [4.69, 9.17) is 5.26 Å². The van der Waals surface area contributed by atoms with E-state index < -0.39 is 5.91 Å². The number of rotatable bonds is 5. The SMILES string of the molecule is Cc1c(/C=C(\C#N)C(=O)NCCc2ccccc2)cc(C#N)n1C. The van der Waals surface area contributed by atoms with Crippen molar-refractivity contribution in [1.29, 1.82) is 10.5 Å². The number of benzene rings is 1. The van der Waals surface area contributed by atoms with Gasteiger partial charge < -0.3 is 9.88 Å². The van der Waals surface area contributed by atoms with Crippen molar-refractivity contribution in [2.75, 3.05) is 6.54 Å². The van der Waals surface area contributed by atoms with Crippen molar-refractivity contribution in [3.8, 4) is 12.1 Å². The summed E-state index contributed by atoms with van der Waals surface area (Å²) in [4.78, 5) is 12.2. The molecule has 0 bridgehead atoms. The summed E-state index contributed by atoms with van der Waals surface area (Å²) in [5.74, 6) is -0.407. The molecular weight excluding hydrogens is 300 g/mol. The topological polar surface area (TPSA) is 81.6 Å². The van der Waals surface area contributed by atoms with Crippen LogP contribution in [0.2, 0.25) is 0 Å². The molecule has 1 heterocycles. The lowest BCUT2D eigenvalue weighted by Gasteiger charge is -2.04. The van der Waals surface area contributed by atoms with Gasteiger partial charge in [-0.1, -0.05) is 30.3 Å². The molecule has 5 nitrogen and oxygen atoms in total. The molecule has 1 aromatic heterocycles. The maximum absolute atomic E-state index is 12.2. The lowest BCUT2D eigenvalue weighted by Crippen LogP contribution is -2.26. The Morgan fingerprint density at radius 2 is 2.00 bits per heavy atom. The summed E-state index contributed by atoms with van der Waals surface area (Å²) in [6.07, 6.45) is 2.22. The van der Waals surface area contributed by atoms with Gasteiger partial charge in [0.15, 0.2) is 0 Å². The summed E-state index contributed by atoms with van der Waals surface area (Å²) in [6, 6.07) is 15.5. The minimum absolute atomic E-state index is 0.0289. The Hall–Kier alpha value is -3.31. The first-order valence-electron chi connectivity index (χ1n) is 7.57. The smallest absolute Gasteiger partial charge is 0.261 e. The van der Waals surface area contributed by atoms with Gasteiger partial charge in [0.2, 0.25) is 0 Å². The van der Waals surface area contributed by atoms with Crippen molar-refractivity contribution < 1.29 is 4.79 Å². The highest BCUT2D eigenvalue weighted by molar-refractivity contribution is 6.01. The van der Waals surface area contributed by atoms with Crippen molar-refractivity contribution in [1.82, 2.24) is 9.88 Å². The van der Waals surface area contributed by atoms with Crippen LogP contribution in [0.3, 0.4) is 0 Å². The quantitative estimate of drug-likeness (QED) is 0.679. The molecule has 0 atom stereocenters. The molecule has 2 aromatic rings. The molecule has 5 heteroatoms. The van der Waals surface area contributed by atoms with Gasteiger partial charge in [-0.05, 0) is 36.6 Å². The molecule has 1 amide bonds. The first-order valence-corrected chi connectivity index (χ1v) is 7.57. The van der Waals surface area contributed by atoms with Gasteiger partial charge in [-0.25, -0.2) is 0 Å². The van der Waals surface area contributed by atoms with Crippen molar-refractivity contribution in [2.24, 2.45) is 7.05 Å². The molecule has 0 saturated heterocycles. The molecule has 0 radical (unpaired) electrons. The molecule has 0 unspecified atom stereocenters. The molecule has 0 aliphatic carbocycles. The van der Waals surface area contributed by atoms with Crippen LogP contribution in [-0.2, 0) is 18.3 Å². The molecule has 1 N–H and O–H groups in total. The number of amides is 1. The number of carbonyl (C=O) groups excluding carboxylic acids is 1. The molecule has 0 fully saturated rings. The Bertz CT molecular complexity index is 848. The number of nitrogens with one attached hydrogen (secondary N) is 1. The molecule has 0 aliphatic heterocycles. The maximum Gasteiger partial charge on any atom is 0.261 e. The van der Waals surface area contributed by atoms with Crippen LogP contribution in [0.25, 0.3) is 6.08 Å². The molecule has 120 valence electrons. The van der Waals surface area contributed by atoms with Crippen molar-refractivity contribution >= 4 is 12.0 Å². The van der Waals surface area contributed by atoms with Crippen LogP contribution in [-0.4, -0.2) is 17.0 Å². The fourth-order valence-corrected chi connectivity index (χ4v) is 2.34. The van der Waals surface area contributed by atoms with Crippen LogP contribution >= 0.6 is 0 Å². The van der Waals surface area contributed by atoms with Crippen LogP contribution in [0.1, 0.15) is 22.5 Å².